The maximum absolute atomic E-state index is 12.6. The van der Waals surface area contributed by atoms with Gasteiger partial charge in [0.15, 0.2) is 0 Å². The van der Waals surface area contributed by atoms with Crippen LogP contribution in [0.4, 0.5) is 0 Å². The first-order valence-corrected chi connectivity index (χ1v) is 8.27. The zero-order valence-electron chi connectivity index (χ0n) is 13.9. The van der Waals surface area contributed by atoms with E-state index in [9.17, 15) is 4.79 Å². The fraction of sp³-hybridized carbons (Fsp3) is 0.421. The molecule has 0 spiro atoms. The van der Waals surface area contributed by atoms with Crippen molar-refractivity contribution < 1.29 is 9.21 Å². The second-order valence-corrected chi connectivity index (χ2v) is 6.42. The summed E-state index contributed by atoms with van der Waals surface area (Å²) in [5, 5.41) is 0. The number of carbonyl (C=O) groups excluding carboxylic acids is 1. The minimum absolute atomic E-state index is 0.137. The lowest BCUT2D eigenvalue weighted by atomic mass is 10.0. The zero-order valence-corrected chi connectivity index (χ0v) is 13.9. The highest BCUT2D eigenvalue weighted by molar-refractivity contribution is 5.94. The second-order valence-electron chi connectivity index (χ2n) is 6.42. The average molecular weight is 312 g/mol. The summed E-state index contributed by atoms with van der Waals surface area (Å²) < 4.78 is 5.39. The lowest BCUT2D eigenvalue weighted by Crippen LogP contribution is -2.48. The van der Waals surface area contributed by atoms with Crippen LogP contribution in [0.2, 0.25) is 0 Å². The number of piperazine rings is 1. The number of carbonyl (C=O) groups is 1. The van der Waals surface area contributed by atoms with Crippen molar-refractivity contribution in [1.29, 1.82) is 0 Å². The molecule has 0 bridgehead atoms. The highest BCUT2D eigenvalue weighted by Crippen LogP contribution is 2.17. The number of furan rings is 1. The smallest absolute Gasteiger partial charge is 0.253 e. The Kier molecular flexibility index (Phi) is 4.82. The quantitative estimate of drug-likeness (QED) is 0.868. The third-order valence-electron chi connectivity index (χ3n) is 4.44. The summed E-state index contributed by atoms with van der Waals surface area (Å²) in [6, 6.07) is 11.9. The van der Waals surface area contributed by atoms with E-state index in [0.29, 0.717) is 5.92 Å². The first kappa shape index (κ1) is 15.8. The molecule has 3 rings (SSSR count). The Morgan fingerprint density at radius 3 is 2.35 bits per heavy atom. The van der Waals surface area contributed by atoms with Crippen LogP contribution < -0.4 is 0 Å². The Balaban J connectivity index is 1.55. The van der Waals surface area contributed by atoms with E-state index in [1.807, 2.05) is 29.2 Å². The molecule has 122 valence electrons. The van der Waals surface area contributed by atoms with E-state index in [1.165, 1.54) is 5.56 Å². The zero-order chi connectivity index (χ0) is 16.2. The fourth-order valence-electron chi connectivity index (χ4n) is 2.93. The third-order valence-corrected chi connectivity index (χ3v) is 4.44. The van der Waals surface area contributed by atoms with Gasteiger partial charge in [0.25, 0.3) is 5.91 Å². The Bertz CT molecular complexity index is 624. The normalized spacial score (nSPS) is 16.0. The molecule has 1 aromatic carbocycles. The van der Waals surface area contributed by atoms with Gasteiger partial charge in [-0.3, -0.25) is 9.69 Å². The monoisotopic (exact) mass is 312 g/mol. The van der Waals surface area contributed by atoms with Gasteiger partial charge in [-0.1, -0.05) is 26.0 Å². The SMILES string of the molecule is CC(C)c1ccc(C(=O)N2CCN(Cc3ccco3)CC2)cc1. The van der Waals surface area contributed by atoms with Crippen molar-refractivity contribution in [3.63, 3.8) is 0 Å². The molecule has 1 aliphatic heterocycles. The summed E-state index contributed by atoms with van der Waals surface area (Å²) in [6.07, 6.45) is 1.70. The van der Waals surface area contributed by atoms with Crippen molar-refractivity contribution in [2.24, 2.45) is 0 Å². The molecule has 4 nitrogen and oxygen atoms in total. The molecule has 1 saturated heterocycles. The van der Waals surface area contributed by atoms with Gasteiger partial charge in [0.2, 0.25) is 0 Å². The lowest BCUT2D eigenvalue weighted by Gasteiger charge is -2.34. The summed E-state index contributed by atoms with van der Waals surface area (Å²) in [4.78, 5) is 16.9. The maximum Gasteiger partial charge on any atom is 0.253 e. The van der Waals surface area contributed by atoms with Gasteiger partial charge in [-0.15, -0.1) is 0 Å². The Morgan fingerprint density at radius 2 is 1.78 bits per heavy atom. The number of amides is 1. The molecule has 23 heavy (non-hydrogen) atoms. The Hall–Kier alpha value is -2.07. The average Bonchev–Trinajstić information content (AvgIpc) is 3.08. The van der Waals surface area contributed by atoms with Crippen molar-refractivity contribution in [2.45, 2.75) is 26.3 Å². The molecule has 1 amide bonds. The van der Waals surface area contributed by atoms with Crippen LogP contribution in [-0.4, -0.2) is 41.9 Å². The van der Waals surface area contributed by atoms with E-state index in [1.54, 1.807) is 6.26 Å². The van der Waals surface area contributed by atoms with E-state index >= 15 is 0 Å². The number of nitrogens with zero attached hydrogens (tertiary/aromatic N) is 2. The van der Waals surface area contributed by atoms with Crippen LogP contribution in [-0.2, 0) is 6.54 Å². The molecule has 0 atom stereocenters. The highest BCUT2D eigenvalue weighted by Gasteiger charge is 2.22. The lowest BCUT2D eigenvalue weighted by molar-refractivity contribution is 0.0620. The maximum atomic E-state index is 12.6. The number of benzene rings is 1. The molecule has 2 aromatic rings. The molecule has 1 aromatic heterocycles. The summed E-state index contributed by atoms with van der Waals surface area (Å²) in [5.41, 5.74) is 2.05. The van der Waals surface area contributed by atoms with Gasteiger partial charge in [0.1, 0.15) is 5.76 Å². The van der Waals surface area contributed by atoms with Gasteiger partial charge < -0.3 is 9.32 Å². The number of hydrogen-bond donors (Lipinski definition) is 0. The van der Waals surface area contributed by atoms with E-state index in [2.05, 4.69) is 30.9 Å². The summed E-state index contributed by atoms with van der Waals surface area (Å²) in [7, 11) is 0. The van der Waals surface area contributed by atoms with Crippen LogP contribution in [0.1, 0.15) is 41.4 Å². The molecular weight excluding hydrogens is 288 g/mol. The van der Waals surface area contributed by atoms with Crippen LogP contribution in [0.25, 0.3) is 0 Å². The minimum atomic E-state index is 0.137. The fourth-order valence-corrected chi connectivity index (χ4v) is 2.93. The number of rotatable bonds is 4. The van der Waals surface area contributed by atoms with Crippen LogP contribution in [0.5, 0.6) is 0 Å². The van der Waals surface area contributed by atoms with Crippen molar-refractivity contribution in [3.05, 3.63) is 59.5 Å². The van der Waals surface area contributed by atoms with Gasteiger partial charge in [-0.25, -0.2) is 0 Å². The van der Waals surface area contributed by atoms with E-state index < -0.39 is 0 Å². The van der Waals surface area contributed by atoms with E-state index in [4.69, 9.17) is 4.42 Å². The highest BCUT2D eigenvalue weighted by atomic mass is 16.3. The minimum Gasteiger partial charge on any atom is -0.468 e. The van der Waals surface area contributed by atoms with Crippen LogP contribution in [0.15, 0.2) is 47.1 Å². The molecule has 1 fully saturated rings. The van der Waals surface area contributed by atoms with Gasteiger partial charge in [0.05, 0.1) is 12.8 Å². The van der Waals surface area contributed by atoms with Crippen molar-refractivity contribution in [2.75, 3.05) is 26.2 Å². The summed E-state index contributed by atoms with van der Waals surface area (Å²) in [6.45, 7) is 8.45. The van der Waals surface area contributed by atoms with Gasteiger partial charge in [-0.05, 0) is 35.7 Å². The Labute approximate surface area is 137 Å². The molecule has 4 heteroatoms. The Morgan fingerprint density at radius 1 is 1.09 bits per heavy atom. The largest absolute Gasteiger partial charge is 0.468 e. The van der Waals surface area contributed by atoms with Crippen molar-refractivity contribution >= 4 is 5.91 Å². The third kappa shape index (κ3) is 3.82. The van der Waals surface area contributed by atoms with Crippen molar-refractivity contribution in [3.8, 4) is 0 Å². The predicted molar refractivity (Wildman–Crippen MR) is 90.4 cm³/mol. The topological polar surface area (TPSA) is 36.7 Å². The molecule has 0 radical (unpaired) electrons. The van der Waals surface area contributed by atoms with Crippen molar-refractivity contribution in [1.82, 2.24) is 9.80 Å². The first-order valence-electron chi connectivity index (χ1n) is 8.27. The van der Waals surface area contributed by atoms with E-state index in [-0.39, 0.29) is 5.91 Å². The molecule has 2 heterocycles. The van der Waals surface area contributed by atoms with Gasteiger partial charge in [0, 0.05) is 31.7 Å². The van der Waals surface area contributed by atoms with Gasteiger partial charge in [-0.2, -0.15) is 0 Å². The summed E-state index contributed by atoms with van der Waals surface area (Å²) in [5.74, 6) is 1.61. The molecule has 0 aliphatic carbocycles. The van der Waals surface area contributed by atoms with E-state index in [0.717, 1.165) is 44.0 Å². The molecule has 0 N–H and O–H groups in total. The van der Waals surface area contributed by atoms with Crippen LogP contribution in [0, 0.1) is 0 Å². The van der Waals surface area contributed by atoms with Crippen LogP contribution >= 0.6 is 0 Å². The standard InChI is InChI=1S/C19H24N2O2/c1-15(2)16-5-7-17(8-6-16)19(22)21-11-9-20(10-12-21)14-18-4-3-13-23-18/h3-8,13,15H,9-12,14H2,1-2H3. The molecule has 1 aliphatic rings. The predicted octanol–water partition coefficient (Wildman–Crippen LogP) is 3.36. The number of hydrogen-bond acceptors (Lipinski definition) is 3. The van der Waals surface area contributed by atoms with Crippen LogP contribution in [0.3, 0.4) is 0 Å². The van der Waals surface area contributed by atoms with Gasteiger partial charge >= 0.3 is 0 Å². The molecule has 0 saturated carbocycles. The molecule has 0 unspecified atom stereocenters. The summed E-state index contributed by atoms with van der Waals surface area (Å²) >= 11 is 0. The second kappa shape index (κ2) is 7.01. The molecular formula is C19H24N2O2. The first-order chi connectivity index (χ1) is 11.1.